The van der Waals surface area contributed by atoms with Crippen molar-refractivity contribution in [3.05, 3.63) is 29.4 Å². The Labute approximate surface area is 132 Å². The monoisotopic (exact) mass is 322 g/mol. The van der Waals surface area contributed by atoms with Crippen molar-refractivity contribution in [1.82, 2.24) is 15.3 Å². The fraction of sp³-hybridized carbons (Fsp3) is 0.429. The number of carbonyl (C=O) groups is 2. The number of nitrogens with zero attached hydrogens (tertiary/aromatic N) is 2. The van der Waals surface area contributed by atoms with E-state index in [9.17, 15) is 9.59 Å². The number of hydrogen-bond donors (Lipinski definition) is 2. The van der Waals surface area contributed by atoms with Gasteiger partial charge in [0.05, 0.1) is 0 Å². The van der Waals surface area contributed by atoms with Gasteiger partial charge in [-0.3, -0.25) is 9.59 Å². The lowest BCUT2D eigenvalue weighted by molar-refractivity contribution is -0.118. The Morgan fingerprint density at radius 3 is 2.68 bits per heavy atom. The zero-order chi connectivity index (χ0) is 16.1. The molecule has 2 aromatic rings. The van der Waals surface area contributed by atoms with E-state index in [0.717, 1.165) is 0 Å². The minimum atomic E-state index is -0.660. The second-order valence-electron chi connectivity index (χ2n) is 5.24. The Balaban J connectivity index is 2.07. The number of aryl methyl sites for hydroxylation is 1. The first kappa shape index (κ1) is 16.2. The van der Waals surface area contributed by atoms with E-state index < -0.39 is 11.9 Å². The SMILES string of the molecule is Cc1ocnc1C(=O)N[C@H](CC(C)C)C(=O)Nc1nccs1. The molecule has 0 radical (unpaired) electrons. The average molecular weight is 322 g/mol. The predicted molar refractivity (Wildman–Crippen MR) is 82.7 cm³/mol. The second-order valence-corrected chi connectivity index (χ2v) is 6.13. The van der Waals surface area contributed by atoms with Crippen LogP contribution in [-0.2, 0) is 4.79 Å². The normalized spacial score (nSPS) is 12.2. The first-order chi connectivity index (χ1) is 10.5. The molecule has 0 aliphatic carbocycles. The standard InChI is InChI=1S/C14H18N4O3S/c1-8(2)6-10(12(19)18-14-15-4-5-22-14)17-13(20)11-9(3)21-7-16-11/h4-5,7-8,10H,6H2,1-3H3,(H,17,20)(H,15,18,19)/t10-/m1/s1. The van der Waals surface area contributed by atoms with Crippen LogP contribution in [0.1, 0.15) is 36.5 Å². The van der Waals surface area contributed by atoms with Crippen molar-refractivity contribution in [2.24, 2.45) is 5.92 Å². The van der Waals surface area contributed by atoms with Gasteiger partial charge in [-0.1, -0.05) is 13.8 Å². The molecule has 0 aliphatic heterocycles. The minimum absolute atomic E-state index is 0.191. The van der Waals surface area contributed by atoms with Crippen molar-refractivity contribution in [3.63, 3.8) is 0 Å². The zero-order valence-electron chi connectivity index (χ0n) is 12.6. The van der Waals surface area contributed by atoms with Gasteiger partial charge in [-0.15, -0.1) is 11.3 Å². The third-order valence-electron chi connectivity index (χ3n) is 2.95. The van der Waals surface area contributed by atoms with Crippen LogP contribution in [0.4, 0.5) is 5.13 Å². The van der Waals surface area contributed by atoms with Gasteiger partial charge in [0.25, 0.3) is 5.91 Å². The van der Waals surface area contributed by atoms with Crippen molar-refractivity contribution in [3.8, 4) is 0 Å². The molecule has 2 amide bonds. The number of aromatic nitrogens is 2. The van der Waals surface area contributed by atoms with E-state index >= 15 is 0 Å². The number of nitrogens with one attached hydrogen (secondary N) is 2. The minimum Gasteiger partial charge on any atom is -0.448 e. The van der Waals surface area contributed by atoms with Crippen molar-refractivity contribution in [2.45, 2.75) is 33.2 Å². The topological polar surface area (TPSA) is 97.1 Å². The molecule has 2 aromatic heterocycles. The Bertz CT molecular complexity index is 636. The molecule has 0 saturated heterocycles. The van der Waals surface area contributed by atoms with Gasteiger partial charge in [0, 0.05) is 11.6 Å². The Kier molecular flexibility index (Phi) is 5.26. The summed E-state index contributed by atoms with van der Waals surface area (Å²) in [5, 5.41) is 7.68. The molecule has 2 rings (SSSR count). The molecule has 0 unspecified atom stereocenters. The largest absolute Gasteiger partial charge is 0.448 e. The highest BCUT2D eigenvalue weighted by Gasteiger charge is 2.25. The van der Waals surface area contributed by atoms with E-state index in [1.54, 1.807) is 18.5 Å². The Morgan fingerprint density at radius 1 is 1.36 bits per heavy atom. The molecule has 2 N–H and O–H groups in total. The maximum Gasteiger partial charge on any atom is 0.274 e. The molecule has 0 aliphatic rings. The van der Waals surface area contributed by atoms with Gasteiger partial charge in [0.15, 0.2) is 17.2 Å². The Morgan fingerprint density at radius 2 is 2.14 bits per heavy atom. The van der Waals surface area contributed by atoms with E-state index in [2.05, 4.69) is 20.6 Å². The average Bonchev–Trinajstić information content (AvgIpc) is 3.08. The third kappa shape index (κ3) is 4.14. The summed E-state index contributed by atoms with van der Waals surface area (Å²) < 4.78 is 5.01. The van der Waals surface area contributed by atoms with Crippen molar-refractivity contribution >= 4 is 28.3 Å². The first-order valence-electron chi connectivity index (χ1n) is 6.88. The van der Waals surface area contributed by atoms with Gasteiger partial charge in [0.2, 0.25) is 5.91 Å². The van der Waals surface area contributed by atoms with Gasteiger partial charge in [0.1, 0.15) is 11.8 Å². The van der Waals surface area contributed by atoms with Crippen LogP contribution in [0.3, 0.4) is 0 Å². The summed E-state index contributed by atoms with van der Waals surface area (Å²) in [5.41, 5.74) is 0.191. The molecule has 0 bridgehead atoms. The second kappa shape index (κ2) is 7.17. The van der Waals surface area contributed by atoms with E-state index in [1.807, 2.05) is 13.8 Å². The number of thiazole rings is 1. The van der Waals surface area contributed by atoms with E-state index in [0.29, 0.717) is 17.3 Å². The molecule has 8 heteroatoms. The molecular formula is C14H18N4O3S. The van der Waals surface area contributed by atoms with Crippen LogP contribution >= 0.6 is 11.3 Å². The smallest absolute Gasteiger partial charge is 0.274 e. The van der Waals surface area contributed by atoms with Gasteiger partial charge >= 0.3 is 0 Å². The lowest BCUT2D eigenvalue weighted by Crippen LogP contribution is -2.44. The maximum atomic E-state index is 12.3. The summed E-state index contributed by atoms with van der Waals surface area (Å²) in [4.78, 5) is 32.4. The highest BCUT2D eigenvalue weighted by Crippen LogP contribution is 2.13. The van der Waals surface area contributed by atoms with Crippen LogP contribution in [0.2, 0.25) is 0 Å². The summed E-state index contributed by atoms with van der Waals surface area (Å²) in [6.07, 6.45) is 3.33. The molecule has 118 valence electrons. The quantitative estimate of drug-likeness (QED) is 0.850. The van der Waals surface area contributed by atoms with Crippen LogP contribution in [0.5, 0.6) is 0 Å². The van der Waals surface area contributed by atoms with Crippen molar-refractivity contribution < 1.29 is 14.0 Å². The van der Waals surface area contributed by atoms with Crippen LogP contribution < -0.4 is 10.6 Å². The summed E-state index contributed by atoms with van der Waals surface area (Å²) in [7, 11) is 0. The van der Waals surface area contributed by atoms with Gasteiger partial charge in [-0.25, -0.2) is 9.97 Å². The molecule has 7 nitrogen and oxygen atoms in total. The first-order valence-corrected chi connectivity index (χ1v) is 7.76. The number of hydrogen-bond acceptors (Lipinski definition) is 6. The van der Waals surface area contributed by atoms with Crippen molar-refractivity contribution in [2.75, 3.05) is 5.32 Å². The summed E-state index contributed by atoms with van der Waals surface area (Å²) >= 11 is 1.32. The molecule has 2 heterocycles. The molecular weight excluding hydrogens is 304 g/mol. The van der Waals surface area contributed by atoms with Gasteiger partial charge in [-0.05, 0) is 19.3 Å². The van der Waals surface area contributed by atoms with Gasteiger partial charge < -0.3 is 15.1 Å². The summed E-state index contributed by atoms with van der Waals surface area (Å²) in [6.45, 7) is 5.61. The number of amides is 2. The summed E-state index contributed by atoms with van der Waals surface area (Å²) in [5.74, 6) is -0.0591. The van der Waals surface area contributed by atoms with Crippen LogP contribution in [0.15, 0.2) is 22.4 Å². The maximum absolute atomic E-state index is 12.3. The van der Waals surface area contributed by atoms with E-state index in [-0.39, 0.29) is 17.5 Å². The Hall–Kier alpha value is -2.22. The zero-order valence-corrected chi connectivity index (χ0v) is 13.4. The fourth-order valence-corrected chi connectivity index (χ4v) is 2.46. The number of carbonyl (C=O) groups excluding carboxylic acids is 2. The molecule has 0 spiro atoms. The van der Waals surface area contributed by atoms with E-state index in [1.165, 1.54) is 17.7 Å². The molecule has 0 aromatic carbocycles. The number of rotatable bonds is 6. The molecule has 1 atom stereocenters. The van der Waals surface area contributed by atoms with Crippen LogP contribution in [0.25, 0.3) is 0 Å². The molecule has 0 saturated carbocycles. The van der Waals surface area contributed by atoms with E-state index in [4.69, 9.17) is 4.42 Å². The summed E-state index contributed by atoms with van der Waals surface area (Å²) in [6, 6.07) is -0.660. The lowest BCUT2D eigenvalue weighted by Gasteiger charge is -2.19. The van der Waals surface area contributed by atoms with Crippen molar-refractivity contribution in [1.29, 1.82) is 0 Å². The number of anilines is 1. The molecule has 22 heavy (non-hydrogen) atoms. The van der Waals surface area contributed by atoms with Crippen LogP contribution in [-0.4, -0.2) is 27.8 Å². The van der Waals surface area contributed by atoms with Gasteiger partial charge in [-0.2, -0.15) is 0 Å². The van der Waals surface area contributed by atoms with Crippen LogP contribution in [0, 0.1) is 12.8 Å². The lowest BCUT2D eigenvalue weighted by atomic mass is 10.0. The fourth-order valence-electron chi connectivity index (χ4n) is 1.93. The number of oxazole rings is 1. The molecule has 0 fully saturated rings. The predicted octanol–water partition coefficient (Wildman–Crippen LogP) is 2.22. The third-order valence-corrected chi connectivity index (χ3v) is 3.64. The highest BCUT2D eigenvalue weighted by molar-refractivity contribution is 7.13. The highest BCUT2D eigenvalue weighted by atomic mass is 32.1.